The Morgan fingerprint density at radius 3 is 2.61 bits per heavy atom. The van der Waals surface area contributed by atoms with Crippen molar-refractivity contribution in [3.63, 3.8) is 0 Å². The van der Waals surface area contributed by atoms with E-state index < -0.39 is 0 Å². The van der Waals surface area contributed by atoms with Crippen LogP contribution in [-0.2, 0) is 0 Å². The first-order valence-electron chi connectivity index (χ1n) is 5.20. The molecule has 3 rings (SSSR count). The van der Waals surface area contributed by atoms with E-state index in [1.165, 1.54) is 6.26 Å². The molecule has 0 amide bonds. The molecule has 0 fully saturated rings. The lowest BCUT2D eigenvalue weighted by Crippen LogP contribution is -1.89. The first-order valence-corrected chi connectivity index (χ1v) is 5.20. The summed E-state index contributed by atoms with van der Waals surface area (Å²) < 4.78 is 15.8. The lowest BCUT2D eigenvalue weighted by molar-refractivity contribution is 0.389. The van der Waals surface area contributed by atoms with Crippen LogP contribution in [0.2, 0.25) is 0 Å². The molecule has 1 aliphatic carbocycles. The summed E-state index contributed by atoms with van der Waals surface area (Å²) in [4.78, 5) is 0. The van der Waals surface area contributed by atoms with Gasteiger partial charge in [0.1, 0.15) is 18.3 Å². The van der Waals surface area contributed by atoms with Gasteiger partial charge in [0, 0.05) is 11.1 Å². The van der Waals surface area contributed by atoms with Crippen LogP contribution in [0.25, 0.3) is 22.5 Å². The SMILES string of the molecule is COc1cc(-c2nn[nH]n2)c2c(OC)cocc1-2. The maximum Gasteiger partial charge on any atom is 0.205 e. The average molecular weight is 246 g/mol. The topological polar surface area (TPSA) is 86.1 Å². The molecule has 1 N–H and O–H groups in total. The molecular weight excluding hydrogens is 236 g/mol. The summed E-state index contributed by atoms with van der Waals surface area (Å²) >= 11 is 0. The zero-order valence-corrected chi connectivity index (χ0v) is 9.80. The smallest absolute Gasteiger partial charge is 0.205 e. The number of nitrogens with zero attached hydrogens (tertiary/aromatic N) is 3. The molecule has 2 aliphatic rings. The first kappa shape index (κ1) is 10.6. The molecule has 0 bridgehead atoms. The highest BCUT2D eigenvalue weighted by Gasteiger charge is 2.24. The largest absolute Gasteiger partial charge is 0.496 e. The fourth-order valence-corrected chi connectivity index (χ4v) is 1.93. The van der Waals surface area contributed by atoms with Gasteiger partial charge < -0.3 is 13.9 Å². The summed E-state index contributed by atoms with van der Waals surface area (Å²) in [6, 6.07) is 1.83. The number of nitrogens with one attached hydrogen (secondary N) is 1. The van der Waals surface area contributed by atoms with Crippen LogP contribution in [-0.4, -0.2) is 34.8 Å². The van der Waals surface area contributed by atoms with Gasteiger partial charge in [0.25, 0.3) is 0 Å². The van der Waals surface area contributed by atoms with E-state index in [-0.39, 0.29) is 0 Å². The highest BCUT2D eigenvalue weighted by atomic mass is 16.5. The molecule has 0 atom stereocenters. The summed E-state index contributed by atoms with van der Waals surface area (Å²) in [7, 11) is 3.16. The molecule has 0 saturated heterocycles. The van der Waals surface area contributed by atoms with E-state index in [2.05, 4.69) is 20.6 Å². The van der Waals surface area contributed by atoms with Crippen molar-refractivity contribution in [2.45, 2.75) is 0 Å². The van der Waals surface area contributed by atoms with Crippen LogP contribution in [0.5, 0.6) is 11.5 Å². The summed E-state index contributed by atoms with van der Waals surface area (Å²) in [5.74, 6) is 1.75. The second-order valence-electron chi connectivity index (χ2n) is 3.59. The predicted octanol–water partition coefficient (Wildman–Crippen LogP) is 1.58. The fourth-order valence-electron chi connectivity index (χ4n) is 1.93. The number of aromatic nitrogens is 4. The molecule has 7 heteroatoms. The number of fused-ring (bicyclic) bond motifs is 1. The monoisotopic (exact) mass is 246 g/mol. The molecule has 0 unspecified atom stereocenters. The van der Waals surface area contributed by atoms with Crippen LogP contribution < -0.4 is 9.47 Å². The van der Waals surface area contributed by atoms with Gasteiger partial charge in [0.05, 0.1) is 19.8 Å². The Labute approximate surface area is 102 Å². The van der Waals surface area contributed by atoms with E-state index in [1.807, 2.05) is 6.07 Å². The minimum atomic E-state index is 0.479. The van der Waals surface area contributed by atoms with Crippen molar-refractivity contribution >= 4 is 0 Å². The van der Waals surface area contributed by atoms with Gasteiger partial charge in [-0.05, 0) is 11.3 Å². The molecule has 18 heavy (non-hydrogen) atoms. The first-order chi connectivity index (χ1) is 8.85. The Morgan fingerprint density at radius 2 is 1.94 bits per heavy atom. The van der Waals surface area contributed by atoms with Crippen molar-refractivity contribution in [1.29, 1.82) is 0 Å². The highest BCUT2D eigenvalue weighted by molar-refractivity contribution is 5.91. The Balaban J connectivity index is 2.31. The standard InChI is InChI=1S/C11H10N4O3/c1-16-8-3-6(11-12-14-15-13-11)10-7(8)4-18-5-9(10)17-2/h3-5H,1-2H3,(H,12,13,14,15). The van der Waals surface area contributed by atoms with E-state index in [0.29, 0.717) is 17.3 Å². The number of ether oxygens (including phenoxy) is 2. The van der Waals surface area contributed by atoms with Crippen molar-refractivity contribution in [3.8, 4) is 34.0 Å². The third-order valence-electron chi connectivity index (χ3n) is 2.71. The van der Waals surface area contributed by atoms with Gasteiger partial charge in [0.2, 0.25) is 5.82 Å². The number of H-pyrrole nitrogens is 1. The molecule has 2 heterocycles. The quantitative estimate of drug-likeness (QED) is 0.755. The third kappa shape index (κ3) is 1.41. The van der Waals surface area contributed by atoms with Crippen LogP contribution in [0.15, 0.2) is 23.0 Å². The Hall–Kier alpha value is -2.57. The number of hydrogen-bond acceptors (Lipinski definition) is 6. The van der Waals surface area contributed by atoms with Crippen LogP contribution in [0.4, 0.5) is 0 Å². The van der Waals surface area contributed by atoms with Crippen molar-refractivity contribution < 1.29 is 13.9 Å². The molecule has 0 aromatic carbocycles. The van der Waals surface area contributed by atoms with E-state index in [4.69, 9.17) is 13.9 Å². The molecule has 7 nitrogen and oxygen atoms in total. The number of hydrogen-bond donors (Lipinski definition) is 1. The van der Waals surface area contributed by atoms with E-state index in [9.17, 15) is 0 Å². The fraction of sp³-hybridized carbons (Fsp3) is 0.182. The number of tetrazole rings is 1. The zero-order chi connectivity index (χ0) is 12.5. The van der Waals surface area contributed by atoms with Gasteiger partial charge in [0.15, 0.2) is 5.75 Å². The molecule has 0 saturated carbocycles. The number of methoxy groups -OCH3 is 2. The number of aromatic amines is 1. The second-order valence-corrected chi connectivity index (χ2v) is 3.59. The molecular formula is C11H10N4O3. The molecule has 1 aliphatic heterocycles. The second kappa shape index (κ2) is 4.02. The van der Waals surface area contributed by atoms with E-state index >= 15 is 0 Å². The normalized spacial score (nSPS) is 10.8. The summed E-state index contributed by atoms with van der Waals surface area (Å²) in [5, 5.41) is 13.9. The lowest BCUT2D eigenvalue weighted by atomic mass is 10.1. The molecule has 1 aromatic rings. The maximum atomic E-state index is 5.30. The van der Waals surface area contributed by atoms with Gasteiger partial charge in [-0.15, -0.1) is 10.2 Å². The van der Waals surface area contributed by atoms with Gasteiger partial charge in [-0.2, -0.15) is 5.21 Å². The van der Waals surface area contributed by atoms with Gasteiger partial charge >= 0.3 is 0 Å². The molecule has 92 valence electrons. The average Bonchev–Trinajstić information content (AvgIpc) is 3.04. The van der Waals surface area contributed by atoms with Crippen LogP contribution in [0.3, 0.4) is 0 Å². The highest BCUT2D eigenvalue weighted by Crippen LogP contribution is 2.47. The van der Waals surface area contributed by atoms with Crippen molar-refractivity contribution in [2.75, 3.05) is 14.2 Å². The van der Waals surface area contributed by atoms with Crippen LogP contribution in [0, 0.1) is 0 Å². The summed E-state index contributed by atoms with van der Waals surface area (Å²) in [6.07, 6.45) is 3.12. The number of rotatable bonds is 3. The Kier molecular flexibility index (Phi) is 2.36. The minimum Gasteiger partial charge on any atom is -0.496 e. The van der Waals surface area contributed by atoms with Crippen LogP contribution in [0.1, 0.15) is 0 Å². The molecule has 0 spiro atoms. The predicted molar refractivity (Wildman–Crippen MR) is 61.6 cm³/mol. The molecule has 1 aromatic heterocycles. The summed E-state index contributed by atoms with van der Waals surface area (Å²) in [6.45, 7) is 0. The Bertz CT molecular complexity index is 632. The minimum absolute atomic E-state index is 0.479. The van der Waals surface area contributed by atoms with Gasteiger partial charge in [-0.1, -0.05) is 0 Å². The van der Waals surface area contributed by atoms with Gasteiger partial charge in [-0.3, -0.25) is 0 Å². The lowest BCUT2D eigenvalue weighted by Gasteiger charge is -2.07. The van der Waals surface area contributed by atoms with Gasteiger partial charge in [-0.25, -0.2) is 0 Å². The van der Waals surface area contributed by atoms with Crippen LogP contribution >= 0.6 is 0 Å². The summed E-state index contributed by atoms with van der Waals surface area (Å²) in [5.41, 5.74) is 2.42. The van der Waals surface area contributed by atoms with Crippen molar-refractivity contribution in [1.82, 2.24) is 20.6 Å². The van der Waals surface area contributed by atoms with Crippen molar-refractivity contribution in [3.05, 3.63) is 18.6 Å². The van der Waals surface area contributed by atoms with E-state index in [0.717, 1.165) is 16.7 Å². The van der Waals surface area contributed by atoms with Crippen molar-refractivity contribution in [2.24, 2.45) is 0 Å². The molecule has 0 radical (unpaired) electrons. The maximum absolute atomic E-state index is 5.30. The van der Waals surface area contributed by atoms with E-state index in [1.54, 1.807) is 20.5 Å². The Morgan fingerprint density at radius 1 is 1.11 bits per heavy atom. The zero-order valence-electron chi connectivity index (χ0n) is 9.80. The third-order valence-corrected chi connectivity index (χ3v) is 2.71.